The second kappa shape index (κ2) is 6.37. The number of hydrogen-bond donors (Lipinski definition) is 0. The summed E-state index contributed by atoms with van der Waals surface area (Å²) in [6, 6.07) is 17.1. The lowest BCUT2D eigenvalue weighted by atomic mass is 10.2. The van der Waals surface area contributed by atoms with Crippen LogP contribution in [0.15, 0.2) is 66.8 Å². The van der Waals surface area contributed by atoms with Crippen LogP contribution in [0, 0.1) is 11.8 Å². The Morgan fingerprint density at radius 1 is 1.00 bits per heavy atom. The largest absolute Gasteiger partial charge is 0.310 e. The van der Waals surface area contributed by atoms with Crippen molar-refractivity contribution < 1.29 is 0 Å². The number of fused-ring (bicyclic) bond motifs is 3. The molecule has 1 nitrogen and oxygen atoms in total. The Bertz CT molecular complexity index is 873. The average molecular weight is 285 g/mol. The van der Waals surface area contributed by atoms with Crippen LogP contribution in [0.3, 0.4) is 0 Å². The molecule has 108 valence electrons. The van der Waals surface area contributed by atoms with Crippen molar-refractivity contribution in [3.05, 3.63) is 66.8 Å². The topological polar surface area (TPSA) is 4.93 Å². The van der Waals surface area contributed by atoms with E-state index in [1.807, 2.05) is 6.08 Å². The molecule has 1 aromatic heterocycles. The first-order valence-corrected chi connectivity index (χ1v) is 7.66. The summed E-state index contributed by atoms with van der Waals surface area (Å²) in [7, 11) is 0. The van der Waals surface area contributed by atoms with Gasteiger partial charge < -0.3 is 4.57 Å². The zero-order valence-electron chi connectivity index (χ0n) is 13.0. The summed E-state index contributed by atoms with van der Waals surface area (Å²) in [6.45, 7) is 4.13. The predicted octanol–water partition coefficient (Wildman–Crippen LogP) is 5.62. The maximum Gasteiger partial charge on any atom is 0.0540 e. The molecule has 0 bridgehead atoms. The van der Waals surface area contributed by atoms with Crippen LogP contribution in [0.1, 0.15) is 20.3 Å². The molecule has 0 aliphatic heterocycles. The van der Waals surface area contributed by atoms with Crippen molar-refractivity contribution in [2.45, 2.75) is 20.3 Å². The summed E-state index contributed by atoms with van der Waals surface area (Å²) >= 11 is 0. The van der Waals surface area contributed by atoms with Crippen LogP contribution >= 0.6 is 0 Å². The summed E-state index contributed by atoms with van der Waals surface area (Å²) in [5, 5.41) is 2.57. The Hall–Kier alpha value is -2.72. The van der Waals surface area contributed by atoms with E-state index in [4.69, 9.17) is 0 Å². The van der Waals surface area contributed by atoms with Gasteiger partial charge in [0.1, 0.15) is 0 Å². The van der Waals surface area contributed by atoms with E-state index >= 15 is 0 Å². The maximum absolute atomic E-state index is 3.07. The second-order valence-electron chi connectivity index (χ2n) is 5.09. The highest BCUT2D eigenvalue weighted by Gasteiger charge is 2.10. The van der Waals surface area contributed by atoms with Gasteiger partial charge in [-0.2, -0.15) is 0 Å². The Labute approximate surface area is 131 Å². The molecule has 0 saturated heterocycles. The standard InChI is InChI=1S/C21H19N/c1-3-5-6-7-12-17(4-2)22-20-15-10-8-13-18(20)19-14-9-11-16-21(19)22/h4,7-16H,3H2,1-2H3/b12-7-,17-4+. The number of nitrogens with zero attached hydrogens (tertiary/aromatic N) is 1. The molecule has 0 amide bonds. The quantitative estimate of drug-likeness (QED) is 0.425. The average Bonchev–Trinajstić information content (AvgIpc) is 2.90. The molecule has 0 N–H and O–H groups in total. The van der Waals surface area contributed by atoms with E-state index in [9.17, 15) is 0 Å². The minimum atomic E-state index is 0.880. The second-order valence-corrected chi connectivity index (χ2v) is 5.09. The zero-order chi connectivity index (χ0) is 15.4. The van der Waals surface area contributed by atoms with E-state index in [1.165, 1.54) is 21.8 Å². The fourth-order valence-corrected chi connectivity index (χ4v) is 2.79. The van der Waals surface area contributed by atoms with Crippen molar-refractivity contribution in [2.75, 3.05) is 0 Å². The third-order valence-corrected chi connectivity index (χ3v) is 3.75. The lowest BCUT2D eigenvalue weighted by Gasteiger charge is -2.07. The summed E-state index contributed by atoms with van der Waals surface area (Å²) in [6.07, 6.45) is 7.03. The summed E-state index contributed by atoms with van der Waals surface area (Å²) in [4.78, 5) is 0. The van der Waals surface area contributed by atoms with E-state index in [2.05, 4.69) is 90.9 Å². The third-order valence-electron chi connectivity index (χ3n) is 3.75. The summed E-state index contributed by atoms with van der Waals surface area (Å²) in [5.41, 5.74) is 3.60. The van der Waals surface area contributed by atoms with E-state index < -0.39 is 0 Å². The molecule has 0 aliphatic rings. The molecule has 1 heteroatoms. The van der Waals surface area contributed by atoms with Crippen molar-refractivity contribution in [3.63, 3.8) is 0 Å². The lowest BCUT2D eigenvalue weighted by molar-refractivity contribution is 1.23. The first-order valence-electron chi connectivity index (χ1n) is 7.66. The molecular weight excluding hydrogens is 266 g/mol. The number of benzene rings is 2. The van der Waals surface area contributed by atoms with Crippen LogP contribution in [0.2, 0.25) is 0 Å². The molecule has 0 aliphatic carbocycles. The van der Waals surface area contributed by atoms with Gasteiger partial charge in [0, 0.05) is 22.9 Å². The number of hydrogen-bond acceptors (Lipinski definition) is 0. The van der Waals surface area contributed by atoms with Crippen molar-refractivity contribution in [3.8, 4) is 11.8 Å². The van der Waals surface area contributed by atoms with Crippen molar-refractivity contribution >= 4 is 27.5 Å². The SMILES string of the molecule is C/C=C(\C=C/C#CCC)n1c2ccccc2c2ccccc21. The molecule has 22 heavy (non-hydrogen) atoms. The van der Waals surface area contributed by atoms with Gasteiger partial charge in [-0.05, 0) is 31.2 Å². The van der Waals surface area contributed by atoms with Crippen LogP contribution in [0.25, 0.3) is 27.5 Å². The molecule has 0 spiro atoms. The van der Waals surface area contributed by atoms with Crippen molar-refractivity contribution in [1.82, 2.24) is 4.57 Å². The van der Waals surface area contributed by atoms with Gasteiger partial charge in [-0.1, -0.05) is 61.2 Å². The Kier molecular flexibility index (Phi) is 4.12. The minimum absolute atomic E-state index is 0.880. The van der Waals surface area contributed by atoms with Gasteiger partial charge in [-0.25, -0.2) is 0 Å². The monoisotopic (exact) mass is 285 g/mol. The fraction of sp³-hybridized carbons (Fsp3) is 0.143. The van der Waals surface area contributed by atoms with Gasteiger partial charge in [0.25, 0.3) is 0 Å². The van der Waals surface area contributed by atoms with E-state index in [0.717, 1.165) is 12.1 Å². The maximum atomic E-state index is 3.07. The summed E-state index contributed by atoms with van der Waals surface area (Å²) in [5.74, 6) is 6.15. The molecule has 2 aromatic carbocycles. The zero-order valence-corrected chi connectivity index (χ0v) is 13.0. The van der Waals surface area contributed by atoms with Gasteiger partial charge >= 0.3 is 0 Å². The third kappa shape index (κ3) is 2.44. The number of aromatic nitrogens is 1. The first kappa shape index (κ1) is 14.2. The number of allylic oxidation sites excluding steroid dienone is 4. The normalized spacial score (nSPS) is 12.0. The molecule has 3 aromatic rings. The Morgan fingerprint density at radius 3 is 2.14 bits per heavy atom. The predicted molar refractivity (Wildman–Crippen MR) is 96.6 cm³/mol. The first-order chi connectivity index (χ1) is 10.9. The van der Waals surface area contributed by atoms with E-state index in [-0.39, 0.29) is 0 Å². The molecule has 3 rings (SSSR count). The van der Waals surface area contributed by atoms with Crippen LogP contribution in [0.5, 0.6) is 0 Å². The lowest BCUT2D eigenvalue weighted by Crippen LogP contribution is -1.93. The van der Waals surface area contributed by atoms with Gasteiger partial charge in [0.2, 0.25) is 0 Å². The molecule has 0 unspecified atom stereocenters. The molecule has 0 radical (unpaired) electrons. The van der Waals surface area contributed by atoms with Gasteiger partial charge in [-0.3, -0.25) is 0 Å². The van der Waals surface area contributed by atoms with Gasteiger partial charge in [0.05, 0.1) is 11.0 Å². The smallest absolute Gasteiger partial charge is 0.0540 e. The highest BCUT2D eigenvalue weighted by molar-refractivity contribution is 6.10. The molecule has 0 saturated carbocycles. The molecular formula is C21H19N. The summed E-state index contributed by atoms with van der Waals surface area (Å²) < 4.78 is 2.30. The van der Waals surface area contributed by atoms with Crippen LogP contribution in [-0.4, -0.2) is 4.57 Å². The number of rotatable bonds is 2. The fourth-order valence-electron chi connectivity index (χ4n) is 2.79. The Morgan fingerprint density at radius 2 is 1.59 bits per heavy atom. The van der Waals surface area contributed by atoms with Crippen molar-refractivity contribution in [2.24, 2.45) is 0 Å². The molecule has 0 fully saturated rings. The van der Waals surface area contributed by atoms with E-state index in [1.54, 1.807) is 0 Å². The molecule has 1 heterocycles. The number of para-hydroxylation sites is 2. The minimum Gasteiger partial charge on any atom is -0.310 e. The molecule has 0 atom stereocenters. The van der Waals surface area contributed by atoms with Crippen LogP contribution in [-0.2, 0) is 0 Å². The van der Waals surface area contributed by atoms with E-state index in [0.29, 0.717) is 0 Å². The highest BCUT2D eigenvalue weighted by atomic mass is 15.0. The highest BCUT2D eigenvalue weighted by Crippen LogP contribution is 2.31. The van der Waals surface area contributed by atoms with Crippen LogP contribution in [0.4, 0.5) is 0 Å². The van der Waals surface area contributed by atoms with Crippen molar-refractivity contribution in [1.29, 1.82) is 0 Å². The van der Waals surface area contributed by atoms with Gasteiger partial charge in [0.15, 0.2) is 0 Å². The van der Waals surface area contributed by atoms with Gasteiger partial charge in [-0.15, -0.1) is 0 Å². The van der Waals surface area contributed by atoms with Crippen LogP contribution < -0.4 is 0 Å². The Balaban J connectivity index is 2.25.